The van der Waals surface area contributed by atoms with Crippen LogP contribution in [0.5, 0.6) is 0 Å². The van der Waals surface area contributed by atoms with Gasteiger partial charge in [0.2, 0.25) is 5.72 Å². The number of anilines is 1. The largest absolute Gasteiger partial charge is 0.481 e. The third-order valence-electron chi connectivity index (χ3n) is 3.25. The van der Waals surface area contributed by atoms with E-state index in [1.54, 1.807) is 0 Å². The molecular formula is C14H13NO8S. The van der Waals surface area contributed by atoms with Crippen LogP contribution in [0.15, 0.2) is 41.3 Å². The van der Waals surface area contributed by atoms with E-state index < -0.39 is 34.2 Å². The third-order valence-corrected chi connectivity index (χ3v) is 4.10. The van der Waals surface area contributed by atoms with Crippen molar-refractivity contribution in [3.05, 3.63) is 36.4 Å². The Labute approximate surface area is 135 Å². The number of rotatable bonds is 6. The van der Waals surface area contributed by atoms with Crippen molar-refractivity contribution in [1.29, 1.82) is 0 Å². The van der Waals surface area contributed by atoms with Crippen LogP contribution >= 0.6 is 0 Å². The zero-order chi connectivity index (χ0) is 18.1. The summed E-state index contributed by atoms with van der Waals surface area (Å²) in [6.45, 7) is 0. The van der Waals surface area contributed by atoms with Gasteiger partial charge in [0, 0.05) is 11.1 Å². The zero-order valence-corrected chi connectivity index (χ0v) is 12.8. The van der Waals surface area contributed by atoms with Gasteiger partial charge >= 0.3 is 11.9 Å². The predicted molar refractivity (Wildman–Crippen MR) is 82.2 cm³/mol. The number of fused-ring (bicyclic) bond motifs is 1. The number of carboxylic acids is 2. The second-order valence-electron chi connectivity index (χ2n) is 5.02. The summed E-state index contributed by atoms with van der Waals surface area (Å²) in [6.07, 6.45) is -1.10. The van der Waals surface area contributed by atoms with Crippen LogP contribution in [0.25, 0.3) is 10.8 Å². The normalized spacial score (nSPS) is 14.1. The lowest BCUT2D eigenvalue weighted by molar-refractivity contribution is -0.162. The summed E-state index contributed by atoms with van der Waals surface area (Å²) in [7, 11) is -4.41. The summed E-state index contributed by atoms with van der Waals surface area (Å²) >= 11 is 0. The van der Waals surface area contributed by atoms with Gasteiger partial charge in [-0.15, -0.1) is 0 Å². The number of nitrogens with one attached hydrogen (secondary N) is 1. The Kier molecular flexibility index (Phi) is 4.47. The van der Waals surface area contributed by atoms with E-state index >= 15 is 0 Å². The molecule has 1 atom stereocenters. The number of hydrogen-bond acceptors (Lipinski definition) is 6. The molecule has 2 rings (SSSR count). The predicted octanol–water partition coefficient (Wildman–Crippen LogP) is 0.746. The molecule has 9 nitrogen and oxygen atoms in total. The molecule has 128 valence electrons. The highest BCUT2D eigenvalue weighted by Crippen LogP contribution is 2.28. The molecule has 0 aliphatic carbocycles. The Morgan fingerprint density at radius 1 is 1.12 bits per heavy atom. The molecule has 1 unspecified atom stereocenters. The molecule has 0 aromatic heterocycles. The second-order valence-corrected chi connectivity index (χ2v) is 6.45. The molecule has 0 fully saturated rings. The van der Waals surface area contributed by atoms with Crippen LogP contribution < -0.4 is 5.32 Å². The maximum absolute atomic E-state index is 11.2. The first kappa shape index (κ1) is 17.7. The maximum Gasteiger partial charge on any atom is 0.357 e. The molecule has 2 aromatic rings. The van der Waals surface area contributed by atoms with Crippen LogP contribution in [-0.4, -0.2) is 46.0 Å². The number of carbonyl (C=O) groups is 2. The molecule has 0 bridgehead atoms. The highest BCUT2D eigenvalue weighted by atomic mass is 32.2. The summed E-state index contributed by atoms with van der Waals surface area (Å²) < 4.78 is 31.4. The van der Waals surface area contributed by atoms with Crippen molar-refractivity contribution in [2.75, 3.05) is 5.32 Å². The standard InChI is InChI=1S/C14H13NO8S/c16-12(17)7-14(20,13(18)19)15-11-3-1-2-8-6-9(24(21,22)23)4-5-10(8)11/h1-6,15,20H,7H2,(H,16,17)(H,18,19)(H,21,22,23). The SMILES string of the molecule is O=C(O)CC(O)(Nc1cccc2cc(S(=O)(=O)O)ccc12)C(=O)O. The van der Waals surface area contributed by atoms with Gasteiger partial charge in [0.25, 0.3) is 10.1 Å². The minimum Gasteiger partial charge on any atom is -0.481 e. The number of aliphatic hydroxyl groups is 1. The first-order chi connectivity index (χ1) is 11.0. The number of carboxylic acid groups (broad SMARTS) is 2. The summed E-state index contributed by atoms with van der Waals surface area (Å²) in [5.74, 6) is -3.31. The maximum atomic E-state index is 11.2. The van der Waals surface area contributed by atoms with Gasteiger partial charge in [0.05, 0.1) is 4.90 Å². The monoisotopic (exact) mass is 355 g/mol. The third kappa shape index (κ3) is 3.62. The van der Waals surface area contributed by atoms with Crippen molar-refractivity contribution in [3.63, 3.8) is 0 Å². The lowest BCUT2D eigenvalue weighted by Gasteiger charge is -2.25. The van der Waals surface area contributed by atoms with Gasteiger partial charge < -0.3 is 20.6 Å². The van der Waals surface area contributed by atoms with E-state index in [1.807, 2.05) is 0 Å². The van der Waals surface area contributed by atoms with Gasteiger partial charge in [-0.25, -0.2) is 4.79 Å². The number of benzene rings is 2. The van der Waals surface area contributed by atoms with Crippen molar-refractivity contribution in [1.82, 2.24) is 0 Å². The minimum absolute atomic E-state index is 0.0838. The molecule has 0 amide bonds. The average Bonchev–Trinajstić information content (AvgIpc) is 2.45. The van der Waals surface area contributed by atoms with Crippen molar-refractivity contribution in [2.45, 2.75) is 17.0 Å². The van der Waals surface area contributed by atoms with Crippen molar-refractivity contribution < 1.29 is 37.9 Å². The number of hydrogen-bond donors (Lipinski definition) is 5. The van der Waals surface area contributed by atoms with E-state index in [9.17, 15) is 23.1 Å². The first-order valence-corrected chi connectivity index (χ1v) is 7.93. The molecule has 0 aliphatic rings. The van der Waals surface area contributed by atoms with E-state index in [1.165, 1.54) is 24.3 Å². The topological polar surface area (TPSA) is 161 Å². The minimum atomic E-state index is -4.41. The summed E-state index contributed by atoms with van der Waals surface area (Å²) in [5, 5.41) is 30.8. The highest BCUT2D eigenvalue weighted by molar-refractivity contribution is 7.85. The van der Waals surface area contributed by atoms with Crippen molar-refractivity contribution in [3.8, 4) is 0 Å². The molecule has 0 radical (unpaired) electrons. The van der Waals surface area contributed by atoms with Crippen molar-refractivity contribution in [2.24, 2.45) is 0 Å². The van der Waals surface area contributed by atoms with Gasteiger partial charge in [0.15, 0.2) is 0 Å². The van der Waals surface area contributed by atoms with E-state index in [2.05, 4.69) is 5.32 Å². The summed E-state index contributed by atoms with van der Waals surface area (Å²) in [4.78, 5) is 21.6. The molecule has 24 heavy (non-hydrogen) atoms. The van der Waals surface area contributed by atoms with Crippen LogP contribution in [0.3, 0.4) is 0 Å². The Hall–Kier alpha value is -2.69. The average molecular weight is 355 g/mol. The Morgan fingerprint density at radius 3 is 2.33 bits per heavy atom. The van der Waals surface area contributed by atoms with E-state index in [4.69, 9.17) is 14.8 Å². The summed E-state index contributed by atoms with van der Waals surface area (Å²) in [6, 6.07) is 7.90. The van der Waals surface area contributed by atoms with Gasteiger partial charge in [-0.1, -0.05) is 18.2 Å². The lowest BCUT2D eigenvalue weighted by Crippen LogP contribution is -2.48. The van der Waals surface area contributed by atoms with E-state index in [-0.39, 0.29) is 10.6 Å². The van der Waals surface area contributed by atoms with Gasteiger partial charge in [-0.2, -0.15) is 8.42 Å². The Balaban J connectivity index is 2.53. The molecule has 0 saturated carbocycles. The van der Waals surface area contributed by atoms with Crippen LogP contribution in [0, 0.1) is 0 Å². The fourth-order valence-electron chi connectivity index (χ4n) is 2.15. The molecule has 0 spiro atoms. The number of aliphatic carboxylic acids is 2. The first-order valence-electron chi connectivity index (χ1n) is 6.49. The lowest BCUT2D eigenvalue weighted by atomic mass is 10.1. The molecule has 0 heterocycles. The molecule has 5 N–H and O–H groups in total. The van der Waals surface area contributed by atoms with Crippen LogP contribution in [-0.2, 0) is 19.7 Å². The molecule has 2 aromatic carbocycles. The highest BCUT2D eigenvalue weighted by Gasteiger charge is 2.39. The Morgan fingerprint density at radius 2 is 1.79 bits per heavy atom. The molecule has 10 heteroatoms. The smallest absolute Gasteiger partial charge is 0.357 e. The summed E-state index contributed by atoms with van der Waals surface area (Å²) in [5.41, 5.74) is -2.66. The fraction of sp³-hybridized carbons (Fsp3) is 0.143. The van der Waals surface area contributed by atoms with Crippen molar-refractivity contribution >= 4 is 38.5 Å². The van der Waals surface area contributed by atoms with E-state index in [0.29, 0.717) is 10.8 Å². The van der Waals surface area contributed by atoms with Crippen LogP contribution in [0.2, 0.25) is 0 Å². The zero-order valence-electron chi connectivity index (χ0n) is 12.0. The van der Waals surface area contributed by atoms with Crippen LogP contribution in [0.4, 0.5) is 5.69 Å². The fourth-order valence-corrected chi connectivity index (χ4v) is 2.66. The van der Waals surface area contributed by atoms with Gasteiger partial charge in [-0.3, -0.25) is 9.35 Å². The van der Waals surface area contributed by atoms with E-state index in [0.717, 1.165) is 12.1 Å². The van der Waals surface area contributed by atoms with Gasteiger partial charge in [-0.05, 0) is 23.6 Å². The molecular weight excluding hydrogens is 342 g/mol. The quantitative estimate of drug-likeness (QED) is 0.372. The van der Waals surface area contributed by atoms with Crippen LogP contribution in [0.1, 0.15) is 6.42 Å². The Bertz CT molecular complexity index is 924. The van der Waals surface area contributed by atoms with Gasteiger partial charge in [0.1, 0.15) is 6.42 Å². The molecule has 0 aliphatic heterocycles. The second kappa shape index (κ2) is 6.07. The molecule has 0 saturated heterocycles.